The molecule has 5 heteroatoms. The number of imidazole rings is 1. The number of carbonyl (C=O) groups is 1. The molecule has 1 amide bonds. The Morgan fingerprint density at radius 3 is 2.79 bits per heavy atom. The minimum atomic E-state index is -0.0289. The summed E-state index contributed by atoms with van der Waals surface area (Å²) in [4.78, 5) is 17.3. The lowest BCUT2D eigenvalue weighted by atomic mass is 10.0. The van der Waals surface area contributed by atoms with Gasteiger partial charge in [0.25, 0.3) is 0 Å². The summed E-state index contributed by atoms with van der Waals surface area (Å²) < 4.78 is 2.29. The van der Waals surface area contributed by atoms with Gasteiger partial charge in [-0.15, -0.1) is 0 Å². The molecule has 0 bridgehead atoms. The molecule has 1 atom stereocenters. The SMILES string of the molecule is O=C1NCCCC[C@@H]1Sc1nc2c(n1-c1ccccc1)CCCC2. The lowest BCUT2D eigenvalue weighted by molar-refractivity contribution is -0.120. The van der Waals surface area contributed by atoms with Gasteiger partial charge in [-0.2, -0.15) is 0 Å². The van der Waals surface area contributed by atoms with Gasteiger partial charge >= 0.3 is 0 Å². The first kappa shape index (κ1) is 15.8. The molecule has 0 spiro atoms. The first-order chi connectivity index (χ1) is 11.8. The molecule has 1 aliphatic heterocycles. The van der Waals surface area contributed by atoms with Crippen LogP contribution < -0.4 is 5.32 Å². The molecule has 4 rings (SSSR count). The number of amides is 1. The Morgan fingerprint density at radius 2 is 1.92 bits per heavy atom. The molecule has 0 radical (unpaired) electrons. The molecule has 1 aromatic carbocycles. The van der Waals surface area contributed by atoms with E-state index >= 15 is 0 Å². The fourth-order valence-corrected chi connectivity index (χ4v) is 4.80. The number of hydrogen-bond donors (Lipinski definition) is 1. The van der Waals surface area contributed by atoms with E-state index in [0.717, 1.165) is 49.5 Å². The minimum absolute atomic E-state index is 0.0289. The minimum Gasteiger partial charge on any atom is -0.355 e. The Hall–Kier alpha value is -1.75. The van der Waals surface area contributed by atoms with Crippen molar-refractivity contribution in [1.29, 1.82) is 0 Å². The third kappa shape index (κ3) is 3.09. The molecule has 0 saturated carbocycles. The van der Waals surface area contributed by atoms with E-state index in [-0.39, 0.29) is 11.2 Å². The van der Waals surface area contributed by atoms with Gasteiger partial charge in [0.2, 0.25) is 5.91 Å². The highest BCUT2D eigenvalue weighted by atomic mass is 32.2. The highest BCUT2D eigenvalue weighted by Crippen LogP contribution is 2.34. The van der Waals surface area contributed by atoms with Crippen molar-refractivity contribution in [3.8, 4) is 5.69 Å². The Kier molecular flexibility index (Phi) is 4.60. The molecule has 4 nitrogen and oxygen atoms in total. The molecular formula is C19H23N3OS. The molecule has 1 saturated heterocycles. The molecule has 2 aliphatic rings. The largest absolute Gasteiger partial charge is 0.355 e. The normalized spacial score (nSPS) is 21.0. The van der Waals surface area contributed by atoms with Crippen molar-refractivity contribution in [3.05, 3.63) is 41.7 Å². The molecule has 1 aromatic heterocycles. The zero-order valence-electron chi connectivity index (χ0n) is 13.8. The van der Waals surface area contributed by atoms with E-state index in [1.54, 1.807) is 11.8 Å². The van der Waals surface area contributed by atoms with E-state index in [1.807, 2.05) is 6.07 Å². The molecular weight excluding hydrogens is 318 g/mol. The summed E-state index contributed by atoms with van der Waals surface area (Å²) >= 11 is 1.64. The van der Waals surface area contributed by atoms with Crippen LogP contribution in [0.25, 0.3) is 5.69 Å². The summed E-state index contributed by atoms with van der Waals surface area (Å²) in [6.07, 6.45) is 7.68. The molecule has 1 fully saturated rings. The number of nitrogens with one attached hydrogen (secondary N) is 1. The topological polar surface area (TPSA) is 46.9 Å². The number of rotatable bonds is 3. The average molecular weight is 341 g/mol. The molecule has 2 heterocycles. The average Bonchev–Trinajstić information content (AvgIpc) is 2.86. The fourth-order valence-electron chi connectivity index (χ4n) is 3.59. The van der Waals surface area contributed by atoms with E-state index < -0.39 is 0 Å². The van der Waals surface area contributed by atoms with Crippen LogP contribution in [0.2, 0.25) is 0 Å². The van der Waals surface area contributed by atoms with Crippen LogP contribution in [0.1, 0.15) is 43.5 Å². The second-order valence-electron chi connectivity index (χ2n) is 6.56. The van der Waals surface area contributed by atoms with Crippen LogP contribution in [0.15, 0.2) is 35.5 Å². The lowest BCUT2D eigenvalue weighted by Crippen LogP contribution is -2.30. The third-order valence-corrected chi connectivity index (χ3v) is 6.07. The number of para-hydroxylation sites is 1. The first-order valence-corrected chi connectivity index (χ1v) is 9.81. The molecule has 1 aliphatic carbocycles. The molecule has 2 aromatic rings. The second kappa shape index (κ2) is 7.01. The van der Waals surface area contributed by atoms with Gasteiger partial charge in [-0.25, -0.2) is 4.98 Å². The summed E-state index contributed by atoms with van der Waals surface area (Å²) in [5, 5.41) is 3.99. The van der Waals surface area contributed by atoms with Gasteiger partial charge in [-0.05, 0) is 50.7 Å². The van der Waals surface area contributed by atoms with Crippen LogP contribution in [0, 0.1) is 0 Å². The van der Waals surface area contributed by atoms with Gasteiger partial charge in [0, 0.05) is 17.9 Å². The summed E-state index contributed by atoms with van der Waals surface area (Å²) in [5.74, 6) is 0.165. The van der Waals surface area contributed by atoms with Crippen LogP contribution in [0.3, 0.4) is 0 Å². The Balaban J connectivity index is 1.72. The molecule has 24 heavy (non-hydrogen) atoms. The van der Waals surface area contributed by atoms with E-state index in [2.05, 4.69) is 34.1 Å². The highest BCUT2D eigenvalue weighted by Gasteiger charge is 2.27. The van der Waals surface area contributed by atoms with Crippen molar-refractivity contribution < 1.29 is 4.79 Å². The first-order valence-electron chi connectivity index (χ1n) is 8.93. The quantitative estimate of drug-likeness (QED) is 0.929. The van der Waals surface area contributed by atoms with Gasteiger partial charge in [-0.3, -0.25) is 9.36 Å². The van der Waals surface area contributed by atoms with E-state index in [1.165, 1.54) is 24.2 Å². The smallest absolute Gasteiger partial charge is 0.233 e. The third-order valence-electron chi connectivity index (χ3n) is 4.85. The maximum absolute atomic E-state index is 12.3. The monoisotopic (exact) mass is 341 g/mol. The number of nitrogens with zero attached hydrogens (tertiary/aromatic N) is 2. The predicted molar refractivity (Wildman–Crippen MR) is 96.7 cm³/mol. The van der Waals surface area contributed by atoms with Crippen LogP contribution in [-0.4, -0.2) is 27.3 Å². The fraction of sp³-hybridized carbons (Fsp3) is 0.474. The molecule has 0 unspecified atom stereocenters. The van der Waals surface area contributed by atoms with Crippen LogP contribution in [-0.2, 0) is 17.6 Å². The van der Waals surface area contributed by atoms with E-state index in [0.29, 0.717) is 0 Å². The van der Waals surface area contributed by atoms with Gasteiger partial charge < -0.3 is 5.32 Å². The maximum atomic E-state index is 12.3. The molecule has 126 valence electrons. The summed E-state index contributed by atoms with van der Waals surface area (Å²) in [7, 11) is 0. The summed E-state index contributed by atoms with van der Waals surface area (Å²) in [6.45, 7) is 0.805. The van der Waals surface area contributed by atoms with E-state index in [4.69, 9.17) is 4.98 Å². The summed E-state index contributed by atoms with van der Waals surface area (Å²) in [6, 6.07) is 10.4. The Morgan fingerprint density at radius 1 is 1.08 bits per heavy atom. The predicted octanol–water partition coefficient (Wildman–Crippen LogP) is 3.51. The van der Waals surface area contributed by atoms with Crippen molar-refractivity contribution in [2.45, 2.75) is 55.4 Å². The maximum Gasteiger partial charge on any atom is 0.233 e. The Labute approximate surface area is 147 Å². The lowest BCUT2D eigenvalue weighted by Gasteiger charge is -2.17. The van der Waals surface area contributed by atoms with Gasteiger partial charge in [-0.1, -0.05) is 36.4 Å². The number of benzene rings is 1. The van der Waals surface area contributed by atoms with Crippen LogP contribution in [0.5, 0.6) is 0 Å². The highest BCUT2D eigenvalue weighted by molar-refractivity contribution is 8.00. The van der Waals surface area contributed by atoms with Crippen molar-refractivity contribution in [2.24, 2.45) is 0 Å². The standard InChI is InChI=1S/C19H23N3OS/c23-18-17(12-6-7-13-20-18)24-19-21-15-10-4-5-11-16(15)22(19)14-8-2-1-3-9-14/h1-3,8-9,17H,4-7,10-13H2,(H,20,23)/t17-/m0/s1. The van der Waals surface area contributed by atoms with Crippen molar-refractivity contribution in [2.75, 3.05) is 6.54 Å². The van der Waals surface area contributed by atoms with Crippen LogP contribution >= 0.6 is 11.8 Å². The number of aryl methyl sites for hydroxylation is 1. The number of hydrogen-bond acceptors (Lipinski definition) is 3. The van der Waals surface area contributed by atoms with Crippen LogP contribution in [0.4, 0.5) is 0 Å². The van der Waals surface area contributed by atoms with Crippen molar-refractivity contribution in [1.82, 2.24) is 14.9 Å². The number of fused-ring (bicyclic) bond motifs is 1. The molecule has 1 N–H and O–H groups in total. The number of aromatic nitrogens is 2. The zero-order chi connectivity index (χ0) is 16.4. The van der Waals surface area contributed by atoms with Crippen molar-refractivity contribution >= 4 is 17.7 Å². The van der Waals surface area contributed by atoms with Gasteiger partial charge in [0.1, 0.15) is 0 Å². The second-order valence-corrected chi connectivity index (χ2v) is 7.73. The number of thioether (sulfide) groups is 1. The van der Waals surface area contributed by atoms with E-state index in [9.17, 15) is 4.79 Å². The number of carbonyl (C=O) groups excluding carboxylic acids is 1. The van der Waals surface area contributed by atoms with Gasteiger partial charge in [0.15, 0.2) is 5.16 Å². The van der Waals surface area contributed by atoms with Gasteiger partial charge in [0.05, 0.1) is 10.9 Å². The Bertz CT molecular complexity index is 726. The van der Waals surface area contributed by atoms with Crippen molar-refractivity contribution in [3.63, 3.8) is 0 Å². The zero-order valence-corrected chi connectivity index (χ0v) is 14.6. The summed E-state index contributed by atoms with van der Waals surface area (Å²) in [5.41, 5.74) is 3.72.